The summed E-state index contributed by atoms with van der Waals surface area (Å²) >= 11 is 0.570. The first-order chi connectivity index (χ1) is 7.13. The van der Waals surface area contributed by atoms with Gasteiger partial charge >= 0.3 is 5.25 Å². The van der Waals surface area contributed by atoms with Gasteiger partial charge in [-0.25, -0.2) is 0 Å². The zero-order valence-corrected chi connectivity index (χ0v) is 9.10. The summed E-state index contributed by atoms with van der Waals surface area (Å²) in [6.07, 6.45) is 0.371. The number of hydrogen-bond acceptors (Lipinski definition) is 2. The van der Waals surface area contributed by atoms with E-state index in [1.165, 1.54) is 0 Å². The second kappa shape index (κ2) is 3.93. The van der Waals surface area contributed by atoms with Crippen LogP contribution in [0.3, 0.4) is 0 Å². The highest BCUT2D eigenvalue weighted by atomic mass is 32.2. The van der Waals surface area contributed by atoms with Crippen LogP contribution < -0.4 is 0 Å². The van der Waals surface area contributed by atoms with Crippen LogP contribution >= 0.6 is 11.8 Å². The lowest BCUT2D eigenvalue weighted by molar-refractivity contribution is 0.0792. The van der Waals surface area contributed by atoms with Gasteiger partial charge < -0.3 is 0 Å². The van der Waals surface area contributed by atoms with Gasteiger partial charge in [0.1, 0.15) is 11.1 Å². The standard InChI is InChI=1S/C11H11F2NS/c1-2-9-11(12,13)15-10(14-9)8-6-4-3-5-7-8/h3-7,9H,2H2,1H3. The Balaban J connectivity index is 2.27. The highest BCUT2D eigenvalue weighted by molar-refractivity contribution is 8.15. The first-order valence-corrected chi connectivity index (χ1v) is 5.65. The van der Waals surface area contributed by atoms with Crippen molar-refractivity contribution in [1.29, 1.82) is 0 Å². The maximum Gasteiger partial charge on any atom is 0.321 e. The Bertz CT molecular complexity index is 375. The Morgan fingerprint density at radius 1 is 1.33 bits per heavy atom. The second-order valence-corrected chi connectivity index (χ2v) is 4.52. The molecule has 1 atom stereocenters. The van der Waals surface area contributed by atoms with Gasteiger partial charge in [-0.2, -0.15) is 8.78 Å². The number of halogens is 2. The molecule has 1 aliphatic heterocycles. The van der Waals surface area contributed by atoms with E-state index < -0.39 is 11.3 Å². The molecule has 1 unspecified atom stereocenters. The van der Waals surface area contributed by atoms with E-state index in [-0.39, 0.29) is 0 Å². The van der Waals surface area contributed by atoms with Crippen LogP contribution in [0.1, 0.15) is 18.9 Å². The summed E-state index contributed by atoms with van der Waals surface area (Å²) in [5, 5.41) is -2.30. The van der Waals surface area contributed by atoms with Crippen LogP contribution in [0.25, 0.3) is 0 Å². The lowest BCUT2D eigenvalue weighted by atomic mass is 10.2. The number of aliphatic imine (C=N–C) groups is 1. The summed E-state index contributed by atoms with van der Waals surface area (Å²) in [5.74, 6) is 0. The molecule has 0 saturated carbocycles. The summed E-state index contributed by atoms with van der Waals surface area (Å²) in [5.41, 5.74) is 0.776. The van der Waals surface area contributed by atoms with Crippen molar-refractivity contribution in [3.63, 3.8) is 0 Å². The van der Waals surface area contributed by atoms with Crippen LogP contribution in [0, 0.1) is 0 Å². The number of alkyl halides is 2. The quantitative estimate of drug-likeness (QED) is 0.752. The SMILES string of the molecule is CCC1N=C(c2ccccc2)SC1(F)F. The lowest BCUT2D eigenvalue weighted by Crippen LogP contribution is -2.23. The normalized spacial score (nSPS) is 23.9. The van der Waals surface area contributed by atoms with Crippen molar-refractivity contribution in [2.45, 2.75) is 24.6 Å². The molecule has 80 valence electrons. The summed E-state index contributed by atoms with van der Waals surface area (Å²) in [6.45, 7) is 1.73. The van der Waals surface area contributed by atoms with E-state index in [1.807, 2.05) is 18.2 Å². The topological polar surface area (TPSA) is 12.4 Å². The third-order valence-corrected chi connectivity index (χ3v) is 3.38. The minimum atomic E-state index is -2.75. The zero-order chi connectivity index (χ0) is 10.9. The number of nitrogens with zero attached hydrogens (tertiary/aromatic N) is 1. The third-order valence-electron chi connectivity index (χ3n) is 2.30. The summed E-state index contributed by atoms with van der Waals surface area (Å²) < 4.78 is 26.8. The summed E-state index contributed by atoms with van der Waals surface area (Å²) in [6, 6.07) is 8.25. The van der Waals surface area contributed by atoms with E-state index in [9.17, 15) is 8.78 Å². The molecule has 0 bridgehead atoms. The Kier molecular flexibility index (Phi) is 2.78. The first-order valence-electron chi connectivity index (χ1n) is 4.83. The number of benzene rings is 1. The van der Waals surface area contributed by atoms with Gasteiger partial charge in [-0.3, -0.25) is 4.99 Å². The molecule has 0 aromatic heterocycles. The third kappa shape index (κ3) is 2.04. The van der Waals surface area contributed by atoms with Crippen molar-refractivity contribution >= 4 is 16.8 Å². The maximum atomic E-state index is 13.4. The number of rotatable bonds is 2. The van der Waals surface area contributed by atoms with E-state index in [2.05, 4.69) is 4.99 Å². The van der Waals surface area contributed by atoms with Crippen LogP contribution in [0.5, 0.6) is 0 Å². The van der Waals surface area contributed by atoms with Crippen molar-refractivity contribution in [2.24, 2.45) is 4.99 Å². The smallest absolute Gasteiger partial charge is 0.267 e. The van der Waals surface area contributed by atoms with Gasteiger partial charge in [-0.05, 0) is 18.2 Å². The largest absolute Gasteiger partial charge is 0.321 e. The van der Waals surface area contributed by atoms with E-state index >= 15 is 0 Å². The molecule has 0 spiro atoms. The van der Waals surface area contributed by atoms with E-state index in [1.54, 1.807) is 19.1 Å². The van der Waals surface area contributed by atoms with Gasteiger partial charge in [0, 0.05) is 5.56 Å². The first kappa shape index (κ1) is 10.6. The number of thioether (sulfide) groups is 1. The molecule has 15 heavy (non-hydrogen) atoms. The predicted octanol–water partition coefficient (Wildman–Crippen LogP) is 3.55. The van der Waals surface area contributed by atoms with E-state index in [0.717, 1.165) is 5.56 Å². The predicted molar refractivity (Wildman–Crippen MR) is 59.6 cm³/mol. The van der Waals surface area contributed by atoms with Crippen molar-refractivity contribution in [3.05, 3.63) is 35.9 Å². The molecule has 0 saturated heterocycles. The summed E-state index contributed by atoms with van der Waals surface area (Å²) in [7, 11) is 0. The van der Waals surface area contributed by atoms with Gasteiger partial charge in [0.2, 0.25) is 0 Å². The van der Waals surface area contributed by atoms with Gasteiger partial charge in [-0.1, -0.05) is 37.3 Å². The molecular weight excluding hydrogens is 216 g/mol. The van der Waals surface area contributed by atoms with Crippen LogP contribution in [-0.2, 0) is 0 Å². The molecule has 4 heteroatoms. The zero-order valence-electron chi connectivity index (χ0n) is 8.28. The minimum absolute atomic E-state index is 0.371. The van der Waals surface area contributed by atoms with Gasteiger partial charge in [0.25, 0.3) is 0 Å². The fourth-order valence-corrected chi connectivity index (χ4v) is 2.53. The molecule has 0 N–H and O–H groups in total. The van der Waals surface area contributed by atoms with Crippen molar-refractivity contribution in [2.75, 3.05) is 0 Å². The van der Waals surface area contributed by atoms with Crippen LogP contribution in [0.15, 0.2) is 35.3 Å². The average Bonchev–Trinajstić information content (AvgIpc) is 2.55. The van der Waals surface area contributed by atoms with Crippen LogP contribution in [0.2, 0.25) is 0 Å². The van der Waals surface area contributed by atoms with Crippen LogP contribution in [-0.4, -0.2) is 16.3 Å². The van der Waals surface area contributed by atoms with Crippen LogP contribution in [0.4, 0.5) is 8.78 Å². The molecule has 0 radical (unpaired) electrons. The fourth-order valence-electron chi connectivity index (χ4n) is 1.48. The van der Waals surface area contributed by atoms with Gasteiger partial charge in [0.05, 0.1) is 0 Å². The second-order valence-electron chi connectivity index (χ2n) is 3.39. The Morgan fingerprint density at radius 2 is 2.00 bits per heavy atom. The molecule has 1 aromatic rings. The average molecular weight is 227 g/mol. The van der Waals surface area contributed by atoms with Crippen molar-refractivity contribution < 1.29 is 8.78 Å². The molecular formula is C11H11F2NS. The van der Waals surface area contributed by atoms with Crippen molar-refractivity contribution in [1.82, 2.24) is 0 Å². The molecule has 2 rings (SSSR count). The monoisotopic (exact) mass is 227 g/mol. The summed E-state index contributed by atoms with van der Waals surface area (Å²) in [4.78, 5) is 4.06. The maximum absolute atomic E-state index is 13.4. The highest BCUT2D eigenvalue weighted by Gasteiger charge is 2.45. The highest BCUT2D eigenvalue weighted by Crippen LogP contribution is 2.43. The van der Waals surface area contributed by atoms with Gasteiger partial charge in [0.15, 0.2) is 0 Å². The number of hydrogen-bond donors (Lipinski definition) is 0. The molecule has 1 nitrogen and oxygen atoms in total. The molecule has 0 fully saturated rings. The van der Waals surface area contributed by atoms with E-state index in [0.29, 0.717) is 23.2 Å². The van der Waals surface area contributed by atoms with Crippen molar-refractivity contribution in [3.8, 4) is 0 Å². The van der Waals surface area contributed by atoms with E-state index in [4.69, 9.17) is 0 Å². The Labute approximate surface area is 91.6 Å². The molecule has 1 heterocycles. The Hall–Kier alpha value is -0.900. The molecule has 1 aromatic carbocycles. The van der Waals surface area contributed by atoms with Gasteiger partial charge in [-0.15, -0.1) is 0 Å². The molecule has 0 aliphatic carbocycles. The lowest BCUT2D eigenvalue weighted by Gasteiger charge is -2.13. The fraction of sp³-hybridized carbons (Fsp3) is 0.364. The molecule has 1 aliphatic rings. The minimum Gasteiger partial charge on any atom is -0.267 e. The molecule has 0 amide bonds. The Morgan fingerprint density at radius 3 is 2.53 bits per heavy atom.